The fourth-order valence-corrected chi connectivity index (χ4v) is 3.05. The Hall–Kier alpha value is -3.52. The molecule has 8 heteroatoms. The number of ether oxygens (including phenoxy) is 1. The van der Waals surface area contributed by atoms with E-state index in [0.29, 0.717) is 30.1 Å². The van der Waals surface area contributed by atoms with Gasteiger partial charge in [0.2, 0.25) is 0 Å². The van der Waals surface area contributed by atoms with Crippen molar-refractivity contribution in [3.63, 3.8) is 0 Å². The number of carbonyl (C=O) groups is 2. The molecule has 0 saturated carbocycles. The van der Waals surface area contributed by atoms with Crippen LogP contribution in [0.15, 0.2) is 48.7 Å². The van der Waals surface area contributed by atoms with Gasteiger partial charge in [-0.2, -0.15) is 0 Å². The molecule has 2 aromatic carbocycles. The summed E-state index contributed by atoms with van der Waals surface area (Å²) in [5.41, 5.74) is 2.79. The van der Waals surface area contributed by atoms with Crippen LogP contribution in [0.4, 0.5) is 4.79 Å². The maximum absolute atomic E-state index is 12.6. The maximum Gasteiger partial charge on any atom is 0.415 e. The van der Waals surface area contributed by atoms with Crippen LogP contribution in [0.1, 0.15) is 21.9 Å². The van der Waals surface area contributed by atoms with Crippen molar-refractivity contribution < 1.29 is 19.5 Å². The molecule has 2 N–H and O–H groups in total. The zero-order valence-corrected chi connectivity index (χ0v) is 14.3. The van der Waals surface area contributed by atoms with E-state index in [2.05, 4.69) is 9.97 Å². The lowest BCUT2D eigenvalue weighted by Crippen LogP contribution is -2.39. The number of hydroxylamine groups is 1. The SMILES string of the molecule is O=C(NO)c1cnc2c(n1)CCN(C(=O)Oc1cccc3ccccc13)C2. The number of fused-ring (bicyclic) bond motifs is 2. The van der Waals surface area contributed by atoms with E-state index in [4.69, 9.17) is 9.94 Å². The molecule has 1 aliphatic heterocycles. The van der Waals surface area contributed by atoms with Gasteiger partial charge in [-0.25, -0.2) is 15.3 Å². The second-order valence-electron chi connectivity index (χ2n) is 6.11. The molecule has 0 aliphatic carbocycles. The first-order valence-electron chi connectivity index (χ1n) is 8.39. The van der Waals surface area contributed by atoms with Crippen LogP contribution in [-0.2, 0) is 13.0 Å². The third-order valence-electron chi connectivity index (χ3n) is 4.43. The maximum atomic E-state index is 12.6. The Bertz CT molecular complexity index is 1030. The van der Waals surface area contributed by atoms with E-state index < -0.39 is 12.0 Å². The van der Waals surface area contributed by atoms with E-state index in [0.717, 1.165) is 10.8 Å². The van der Waals surface area contributed by atoms with Crippen molar-refractivity contribution in [2.75, 3.05) is 6.54 Å². The molecule has 2 amide bonds. The zero-order chi connectivity index (χ0) is 18.8. The highest BCUT2D eigenvalue weighted by atomic mass is 16.6. The summed E-state index contributed by atoms with van der Waals surface area (Å²) in [4.78, 5) is 34.0. The second kappa shape index (κ2) is 7.00. The van der Waals surface area contributed by atoms with Gasteiger partial charge >= 0.3 is 6.09 Å². The van der Waals surface area contributed by atoms with Crippen molar-refractivity contribution in [2.24, 2.45) is 0 Å². The number of amides is 2. The standard InChI is InChI=1S/C19H16N4O4/c24-18(22-26)15-10-20-16-11-23(9-8-14(16)21-15)19(25)27-17-7-3-5-12-4-1-2-6-13(12)17/h1-7,10,26H,8-9,11H2,(H,22,24). The Balaban J connectivity index is 1.52. The fraction of sp³-hybridized carbons (Fsp3) is 0.158. The van der Waals surface area contributed by atoms with Gasteiger partial charge in [-0.3, -0.25) is 15.0 Å². The van der Waals surface area contributed by atoms with E-state index in [-0.39, 0.29) is 12.2 Å². The molecular weight excluding hydrogens is 348 g/mol. The van der Waals surface area contributed by atoms with Crippen LogP contribution in [0, 0.1) is 0 Å². The van der Waals surface area contributed by atoms with Crippen molar-refractivity contribution in [1.82, 2.24) is 20.3 Å². The quantitative estimate of drug-likeness (QED) is 0.534. The summed E-state index contributed by atoms with van der Waals surface area (Å²) in [7, 11) is 0. The Morgan fingerprint density at radius 1 is 1.11 bits per heavy atom. The van der Waals surface area contributed by atoms with Gasteiger partial charge < -0.3 is 9.64 Å². The predicted octanol–water partition coefficient (Wildman–Crippen LogP) is 2.31. The van der Waals surface area contributed by atoms with Crippen molar-refractivity contribution >= 4 is 22.8 Å². The molecule has 0 radical (unpaired) electrons. The van der Waals surface area contributed by atoms with Gasteiger partial charge in [0.15, 0.2) is 0 Å². The number of hydrogen-bond acceptors (Lipinski definition) is 6. The van der Waals surface area contributed by atoms with E-state index in [9.17, 15) is 9.59 Å². The average Bonchev–Trinajstić information content (AvgIpc) is 2.72. The van der Waals surface area contributed by atoms with Gasteiger partial charge in [-0.05, 0) is 11.5 Å². The zero-order valence-electron chi connectivity index (χ0n) is 14.3. The molecule has 1 aliphatic rings. The second-order valence-corrected chi connectivity index (χ2v) is 6.11. The van der Waals surface area contributed by atoms with Crippen molar-refractivity contribution in [1.29, 1.82) is 0 Å². The van der Waals surface area contributed by atoms with Gasteiger partial charge in [-0.1, -0.05) is 36.4 Å². The molecule has 0 spiro atoms. The van der Waals surface area contributed by atoms with Crippen LogP contribution in [0.25, 0.3) is 10.8 Å². The van der Waals surface area contributed by atoms with Gasteiger partial charge in [0.05, 0.1) is 24.1 Å². The number of nitrogens with zero attached hydrogens (tertiary/aromatic N) is 3. The monoisotopic (exact) mass is 364 g/mol. The highest BCUT2D eigenvalue weighted by Gasteiger charge is 2.25. The van der Waals surface area contributed by atoms with Crippen LogP contribution in [0.3, 0.4) is 0 Å². The van der Waals surface area contributed by atoms with Crippen molar-refractivity contribution in [3.05, 3.63) is 65.7 Å². The highest BCUT2D eigenvalue weighted by Crippen LogP contribution is 2.26. The van der Waals surface area contributed by atoms with E-state index in [1.54, 1.807) is 11.0 Å². The minimum Gasteiger partial charge on any atom is -0.410 e. The van der Waals surface area contributed by atoms with Crippen LogP contribution >= 0.6 is 0 Å². The van der Waals surface area contributed by atoms with E-state index in [1.165, 1.54) is 11.7 Å². The molecule has 27 heavy (non-hydrogen) atoms. The smallest absolute Gasteiger partial charge is 0.410 e. The number of carbonyl (C=O) groups excluding carboxylic acids is 2. The number of benzene rings is 2. The molecule has 136 valence electrons. The van der Waals surface area contributed by atoms with E-state index >= 15 is 0 Å². The third-order valence-corrected chi connectivity index (χ3v) is 4.43. The van der Waals surface area contributed by atoms with Crippen molar-refractivity contribution in [2.45, 2.75) is 13.0 Å². The summed E-state index contributed by atoms with van der Waals surface area (Å²) in [6.45, 7) is 0.641. The summed E-state index contributed by atoms with van der Waals surface area (Å²) in [6, 6.07) is 13.3. The van der Waals surface area contributed by atoms with Crippen LogP contribution in [0.5, 0.6) is 5.75 Å². The first-order valence-corrected chi connectivity index (χ1v) is 8.39. The largest absolute Gasteiger partial charge is 0.415 e. The third kappa shape index (κ3) is 3.30. The summed E-state index contributed by atoms with van der Waals surface area (Å²) in [6.07, 6.45) is 1.25. The summed E-state index contributed by atoms with van der Waals surface area (Å²) in [5, 5.41) is 10.5. The molecule has 2 heterocycles. The van der Waals surface area contributed by atoms with Gasteiger partial charge in [0, 0.05) is 18.4 Å². The molecule has 0 atom stereocenters. The van der Waals surface area contributed by atoms with Gasteiger partial charge in [-0.15, -0.1) is 0 Å². The first kappa shape index (κ1) is 16.9. The molecule has 0 saturated heterocycles. The molecule has 0 bridgehead atoms. The molecule has 3 aromatic rings. The Kier molecular flexibility index (Phi) is 4.39. The number of aromatic nitrogens is 2. The van der Waals surface area contributed by atoms with Gasteiger partial charge in [0.25, 0.3) is 5.91 Å². The molecule has 8 nitrogen and oxygen atoms in total. The minimum atomic E-state index is -0.719. The number of nitrogens with one attached hydrogen (secondary N) is 1. The van der Waals surface area contributed by atoms with E-state index in [1.807, 2.05) is 36.4 Å². The normalized spacial score (nSPS) is 13.1. The fourth-order valence-electron chi connectivity index (χ4n) is 3.05. The lowest BCUT2D eigenvalue weighted by molar-refractivity contribution is 0.0699. The minimum absolute atomic E-state index is 0.0306. The number of rotatable bonds is 2. The Morgan fingerprint density at radius 3 is 2.78 bits per heavy atom. The summed E-state index contributed by atoms with van der Waals surface area (Å²) in [5.74, 6) is -0.215. The molecule has 1 aromatic heterocycles. The Morgan fingerprint density at radius 2 is 1.93 bits per heavy atom. The van der Waals surface area contributed by atoms with Crippen LogP contribution in [0.2, 0.25) is 0 Å². The topological polar surface area (TPSA) is 105 Å². The lowest BCUT2D eigenvalue weighted by atomic mass is 10.1. The average molecular weight is 364 g/mol. The predicted molar refractivity (Wildman–Crippen MR) is 95.4 cm³/mol. The molecule has 0 unspecified atom stereocenters. The van der Waals surface area contributed by atoms with Crippen LogP contribution < -0.4 is 10.2 Å². The van der Waals surface area contributed by atoms with Crippen LogP contribution in [-0.4, -0.2) is 38.6 Å². The number of hydrogen-bond donors (Lipinski definition) is 2. The molecule has 0 fully saturated rings. The molecular formula is C19H16N4O4. The molecule has 4 rings (SSSR count). The first-order chi connectivity index (χ1) is 13.2. The summed E-state index contributed by atoms with van der Waals surface area (Å²) < 4.78 is 5.60. The highest BCUT2D eigenvalue weighted by molar-refractivity contribution is 5.91. The lowest BCUT2D eigenvalue weighted by Gasteiger charge is -2.27. The van der Waals surface area contributed by atoms with Crippen molar-refractivity contribution in [3.8, 4) is 5.75 Å². The van der Waals surface area contributed by atoms with Gasteiger partial charge in [0.1, 0.15) is 11.4 Å². The summed E-state index contributed by atoms with van der Waals surface area (Å²) >= 11 is 0. The Labute approximate surface area is 154 Å².